The van der Waals surface area contributed by atoms with E-state index in [1.54, 1.807) is 0 Å². The highest BCUT2D eigenvalue weighted by molar-refractivity contribution is 5.05. The molecule has 0 bridgehead atoms. The predicted octanol–water partition coefficient (Wildman–Crippen LogP) is 4.12. The lowest BCUT2D eigenvalue weighted by atomic mass is 9.80. The number of allylic oxidation sites excluding steroid dienone is 1. The predicted molar refractivity (Wildman–Crippen MR) is 90.6 cm³/mol. The van der Waals surface area contributed by atoms with Gasteiger partial charge in [0.25, 0.3) is 0 Å². The first-order valence-corrected chi connectivity index (χ1v) is 9.31. The normalized spacial score (nSPS) is 30.7. The summed E-state index contributed by atoms with van der Waals surface area (Å²) in [7, 11) is 0. The van der Waals surface area contributed by atoms with Crippen molar-refractivity contribution in [3.63, 3.8) is 0 Å². The van der Waals surface area contributed by atoms with Crippen LogP contribution < -0.4 is 5.32 Å². The largest absolute Gasteiger partial charge is 0.308 e. The van der Waals surface area contributed by atoms with E-state index < -0.39 is 0 Å². The number of nitrogens with one attached hydrogen (secondary N) is 1. The van der Waals surface area contributed by atoms with Crippen molar-refractivity contribution in [2.24, 2.45) is 5.92 Å². The molecular formula is C19H34N2. The van der Waals surface area contributed by atoms with Crippen LogP contribution in [-0.2, 0) is 0 Å². The van der Waals surface area contributed by atoms with Gasteiger partial charge in [-0.05, 0) is 45.4 Å². The molecule has 0 amide bonds. The summed E-state index contributed by atoms with van der Waals surface area (Å²) in [6, 6.07) is 0.784. The Balaban J connectivity index is 1.70. The smallest absolute Gasteiger partial charge is 0.0309 e. The van der Waals surface area contributed by atoms with Gasteiger partial charge in [0, 0.05) is 31.2 Å². The van der Waals surface area contributed by atoms with Crippen LogP contribution in [0, 0.1) is 5.92 Å². The molecule has 3 rings (SSSR count). The van der Waals surface area contributed by atoms with Crippen LogP contribution in [0.2, 0.25) is 0 Å². The Labute approximate surface area is 131 Å². The maximum atomic E-state index is 4.00. The molecule has 1 spiro atoms. The lowest BCUT2D eigenvalue weighted by molar-refractivity contribution is 0.0467. The van der Waals surface area contributed by atoms with Crippen LogP contribution >= 0.6 is 0 Å². The Kier molecular flexibility index (Phi) is 5.06. The number of hydrogen-bond acceptors (Lipinski definition) is 2. The van der Waals surface area contributed by atoms with Crippen LogP contribution in [0.15, 0.2) is 11.6 Å². The molecule has 1 unspecified atom stereocenters. The van der Waals surface area contributed by atoms with E-state index in [0.29, 0.717) is 5.54 Å². The van der Waals surface area contributed by atoms with Gasteiger partial charge >= 0.3 is 0 Å². The molecule has 0 aromatic heterocycles. The molecule has 0 radical (unpaired) electrons. The summed E-state index contributed by atoms with van der Waals surface area (Å²) in [5, 5.41) is 4.00. The van der Waals surface area contributed by atoms with Gasteiger partial charge in [-0.2, -0.15) is 0 Å². The summed E-state index contributed by atoms with van der Waals surface area (Å²) >= 11 is 0. The van der Waals surface area contributed by atoms with E-state index in [1.165, 1.54) is 83.0 Å². The van der Waals surface area contributed by atoms with Gasteiger partial charge < -0.3 is 5.32 Å². The fourth-order valence-electron chi connectivity index (χ4n) is 4.88. The Morgan fingerprint density at radius 2 is 1.81 bits per heavy atom. The van der Waals surface area contributed by atoms with E-state index in [2.05, 4.69) is 30.1 Å². The van der Waals surface area contributed by atoms with E-state index in [-0.39, 0.29) is 0 Å². The maximum absolute atomic E-state index is 4.00. The van der Waals surface area contributed by atoms with Crippen molar-refractivity contribution in [2.75, 3.05) is 19.6 Å². The zero-order chi connectivity index (χ0) is 14.7. The minimum atomic E-state index is 0.459. The third-order valence-corrected chi connectivity index (χ3v) is 6.15. The summed E-state index contributed by atoms with van der Waals surface area (Å²) in [5.74, 6) is 0.940. The molecule has 2 aliphatic carbocycles. The van der Waals surface area contributed by atoms with Crippen molar-refractivity contribution in [1.29, 1.82) is 0 Å². The third kappa shape index (κ3) is 3.71. The fraction of sp³-hybridized carbons (Fsp3) is 0.895. The lowest BCUT2D eigenvalue weighted by Gasteiger charge is -2.49. The molecule has 1 N–H and O–H groups in total. The number of piperazine rings is 1. The van der Waals surface area contributed by atoms with Crippen molar-refractivity contribution in [2.45, 2.75) is 83.2 Å². The Bertz CT molecular complexity index is 358. The maximum Gasteiger partial charge on any atom is 0.0309 e. The van der Waals surface area contributed by atoms with Crippen LogP contribution in [0.1, 0.15) is 71.6 Å². The van der Waals surface area contributed by atoms with Gasteiger partial charge in [0.15, 0.2) is 0 Å². The number of hydrogen-bond donors (Lipinski definition) is 1. The first-order valence-electron chi connectivity index (χ1n) is 9.31. The molecule has 0 aromatic rings. The average molecular weight is 290 g/mol. The van der Waals surface area contributed by atoms with E-state index in [9.17, 15) is 0 Å². The number of rotatable bonds is 3. The minimum Gasteiger partial charge on any atom is -0.308 e. The third-order valence-electron chi connectivity index (χ3n) is 6.15. The molecule has 2 nitrogen and oxygen atoms in total. The van der Waals surface area contributed by atoms with Gasteiger partial charge in [-0.1, -0.05) is 43.8 Å². The van der Waals surface area contributed by atoms with E-state index in [0.717, 1.165) is 12.0 Å². The van der Waals surface area contributed by atoms with E-state index in [1.807, 2.05) is 0 Å². The van der Waals surface area contributed by atoms with E-state index in [4.69, 9.17) is 0 Å². The highest BCUT2D eigenvalue weighted by atomic mass is 15.3. The molecule has 1 heterocycles. The molecule has 3 aliphatic rings. The first kappa shape index (κ1) is 15.6. The zero-order valence-electron chi connectivity index (χ0n) is 14.2. The van der Waals surface area contributed by atoms with Gasteiger partial charge in [-0.15, -0.1) is 0 Å². The Morgan fingerprint density at radius 1 is 1.10 bits per heavy atom. The lowest BCUT2D eigenvalue weighted by Crippen LogP contribution is -2.64. The van der Waals surface area contributed by atoms with Crippen LogP contribution in [-0.4, -0.2) is 36.1 Å². The molecule has 1 aliphatic heterocycles. The summed E-state index contributed by atoms with van der Waals surface area (Å²) in [4.78, 5) is 2.84. The molecule has 3 fully saturated rings. The van der Waals surface area contributed by atoms with Crippen molar-refractivity contribution >= 4 is 0 Å². The molecule has 0 aromatic carbocycles. The molecule has 1 atom stereocenters. The van der Waals surface area contributed by atoms with Crippen molar-refractivity contribution < 1.29 is 0 Å². The highest BCUT2D eigenvalue weighted by Gasteiger charge is 2.42. The molecule has 21 heavy (non-hydrogen) atoms. The highest BCUT2D eigenvalue weighted by Crippen LogP contribution is 2.37. The first-order chi connectivity index (χ1) is 10.2. The monoisotopic (exact) mass is 290 g/mol. The quantitative estimate of drug-likeness (QED) is 0.787. The Morgan fingerprint density at radius 3 is 2.48 bits per heavy atom. The molecule has 1 saturated heterocycles. The van der Waals surface area contributed by atoms with Crippen LogP contribution in [0.4, 0.5) is 0 Å². The second-order valence-electron chi connectivity index (χ2n) is 8.04. The summed E-state index contributed by atoms with van der Waals surface area (Å²) in [5.41, 5.74) is 1.93. The topological polar surface area (TPSA) is 15.3 Å². The number of nitrogens with zero attached hydrogens (tertiary/aromatic N) is 1. The SMILES string of the molecule is CC(C)=CCN1CC2(CCCC2)NCC1C1CCCCC1. The second-order valence-corrected chi connectivity index (χ2v) is 8.04. The van der Waals surface area contributed by atoms with Crippen molar-refractivity contribution in [3.05, 3.63) is 11.6 Å². The molecule has 2 heteroatoms. The van der Waals surface area contributed by atoms with Gasteiger partial charge in [0.2, 0.25) is 0 Å². The van der Waals surface area contributed by atoms with Crippen LogP contribution in [0.25, 0.3) is 0 Å². The van der Waals surface area contributed by atoms with Gasteiger partial charge in [-0.3, -0.25) is 4.90 Å². The Hall–Kier alpha value is -0.340. The van der Waals surface area contributed by atoms with Gasteiger partial charge in [-0.25, -0.2) is 0 Å². The standard InChI is InChI=1S/C19H34N2/c1-16(2)10-13-21-15-19(11-6-7-12-19)20-14-18(21)17-8-4-3-5-9-17/h10,17-18,20H,3-9,11-15H2,1-2H3. The summed E-state index contributed by atoms with van der Waals surface area (Å²) in [6.45, 7) is 8.18. The fourth-order valence-corrected chi connectivity index (χ4v) is 4.88. The van der Waals surface area contributed by atoms with Crippen LogP contribution in [0.3, 0.4) is 0 Å². The zero-order valence-corrected chi connectivity index (χ0v) is 14.2. The second kappa shape index (κ2) is 6.83. The van der Waals surface area contributed by atoms with E-state index >= 15 is 0 Å². The van der Waals surface area contributed by atoms with Crippen LogP contribution in [0.5, 0.6) is 0 Å². The average Bonchev–Trinajstić information content (AvgIpc) is 2.94. The van der Waals surface area contributed by atoms with Crippen molar-refractivity contribution in [1.82, 2.24) is 10.2 Å². The molecule has 2 saturated carbocycles. The van der Waals surface area contributed by atoms with Gasteiger partial charge in [0.05, 0.1) is 0 Å². The molecular weight excluding hydrogens is 256 g/mol. The minimum absolute atomic E-state index is 0.459. The summed E-state index contributed by atoms with van der Waals surface area (Å²) in [6.07, 6.45) is 15.4. The van der Waals surface area contributed by atoms with Gasteiger partial charge in [0.1, 0.15) is 0 Å². The van der Waals surface area contributed by atoms with Crippen molar-refractivity contribution in [3.8, 4) is 0 Å². The summed E-state index contributed by atoms with van der Waals surface area (Å²) < 4.78 is 0. The molecule has 120 valence electrons.